The Morgan fingerprint density at radius 2 is 1.54 bits per heavy atom. The van der Waals surface area contributed by atoms with E-state index in [0.29, 0.717) is 19.1 Å². The summed E-state index contributed by atoms with van der Waals surface area (Å²) in [5, 5.41) is 13.3. The Morgan fingerprint density at radius 3 is 2.14 bits per heavy atom. The lowest BCUT2D eigenvalue weighted by Crippen LogP contribution is -2.56. The summed E-state index contributed by atoms with van der Waals surface area (Å²) in [4.78, 5) is 16.7. The van der Waals surface area contributed by atoms with Crippen molar-refractivity contribution in [1.29, 1.82) is 0 Å². The van der Waals surface area contributed by atoms with Crippen LogP contribution < -0.4 is 0 Å². The van der Waals surface area contributed by atoms with Crippen molar-refractivity contribution in [3.8, 4) is 0 Å². The number of carbonyl (C=O) groups excluding carboxylic acids is 1. The highest BCUT2D eigenvalue weighted by Crippen LogP contribution is 2.30. The Kier molecular flexibility index (Phi) is 4.47. The first-order valence-corrected chi connectivity index (χ1v) is 10.4. The predicted molar refractivity (Wildman–Crippen MR) is 111 cm³/mol. The molecule has 5 heteroatoms. The number of β-amino-alcohol motifs (C(OH)–C–C–N with tert-alkyl or cyclic N) is 1. The molecule has 0 bridgehead atoms. The fraction of sp³-hybridized carbons (Fsp3) is 0.435. The molecule has 1 saturated heterocycles. The molecule has 2 fully saturated rings. The number of carbonyl (C=O) groups is 1. The molecule has 3 aromatic rings. The van der Waals surface area contributed by atoms with E-state index in [0.717, 1.165) is 43.4 Å². The van der Waals surface area contributed by atoms with E-state index in [-0.39, 0.29) is 6.03 Å². The zero-order valence-electron chi connectivity index (χ0n) is 16.1. The van der Waals surface area contributed by atoms with Crippen LogP contribution in [0.25, 0.3) is 21.8 Å². The van der Waals surface area contributed by atoms with Crippen molar-refractivity contribution in [2.24, 2.45) is 0 Å². The van der Waals surface area contributed by atoms with Crippen LogP contribution in [0.2, 0.25) is 0 Å². The van der Waals surface area contributed by atoms with Gasteiger partial charge in [-0.05, 0) is 37.8 Å². The summed E-state index contributed by atoms with van der Waals surface area (Å²) in [5.74, 6) is 0. The molecular weight excluding hydrogens is 350 g/mol. The third-order valence-corrected chi connectivity index (χ3v) is 6.36. The third kappa shape index (κ3) is 2.94. The predicted octanol–water partition coefficient (Wildman–Crippen LogP) is 3.84. The van der Waals surface area contributed by atoms with Gasteiger partial charge in [-0.1, -0.05) is 36.4 Å². The first-order chi connectivity index (χ1) is 13.7. The molecule has 2 heterocycles. The molecule has 2 aromatic carbocycles. The number of para-hydroxylation sites is 2. The fourth-order valence-corrected chi connectivity index (χ4v) is 4.73. The van der Waals surface area contributed by atoms with E-state index in [1.807, 2.05) is 21.9 Å². The molecule has 2 aliphatic rings. The summed E-state index contributed by atoms with van der Waals surface area (Å²) >= 11 is 0. The van der Waals surface area contributed by atoms with Crippen molar-refractivity contribution in [1.82, 2.24) is 14.4 Å². The Balaban J connectivity index is 1.37. The molecule has 1 N–H and O–H groups in total. The van der Waals surface area contributed by atoms with Gasteiger partial charge in [0.1, 0.15) is 0 Å². The number of hydrogen-bond donors (Lipinski definition) is 1. The number of aromatic nitrogens is 1. The van der Waals surface area contributed by atoms with Gasteiger partial charge >= 0.3 is 6.03 Å². The number of urea groups is 1. The summed E-state index contributed by atoms with van der Waals surface area (Å²) < 4.78 is 2.19. The molecular formula is C23H27N3O2. The van der Waals surface area contributed by atoms with E-state index in [1.165, 1.54) is 17.2 Å². The average Bonchev–Trinajstić information content (AvgIpc) is 2.98. The highest BCUT2D eigenvalue weighted by atomic mass is 16.3. The van der Waals surface area contributed by atoms with Gasteiger partial charge in [-0.3, -0.25) is 0 Å². The Labute approximate surface area is 165 Å². The molecule has 1 saturated carbocycles. The smallest absolute Gasteiger partial charge is 0.320 e. The fourth-order valence-electron chi connectivity index (χ4n) is 4.73. The SMILES string of the molecule is O=C1N(CC(O)Cn2c3ccccc3c3ccccc32)CCCN1C1CCC1. The van der Waals surface area contributed by atoms with Gasteiger partial charge < -0.3 is 19.5 Å². The number of nitrogens with zero attached hydrogens (tertiary/aromatic N) is 3. The highest BCUT2D eigenvalue weighted by Gasteiger charge is 2.34. The molecule has 146 valence electrons. The number of aliphatic hydroxyl groups is 1. The summed E-state index contributed by atoms with van der Waals surface area (Å²) in [7, 11) is 0. The number of amides is 2. The topological polar surface area (TPSA) is 48.7 Å². The maximum absolute atomic E-state index is 12.9. The molecule has 1 unspecified atom stereocenters. The zero-order valence-corrected chi connectivity index (χ0v) is 16.1. The summed E-state index contributed by atoms with van der Waals surface area (Å²) in [6.07, 6.45) is 3.88. The second-order valence-corrected chi connectivity index (χ2v) is 8.16. The number of rotatable bonds is 5. The van der Waals surface area contributed by atoms with Gasteiger partial charge in [-0.25, -0.2) is 4.79 Å². The van der Waals surface area contributed by atoms with Gasteiger partial charge in [0, 0.05) is 40.9 Å². The third-order valence-electron chi connectivity index (χ3n) is 6.36. The molecule has 1 aliphatic heterocycles. The van der Waals surface area contributed by atoms with Crippen molar-refractivity contribution in [2.75, 3.05) is 19.6 Å². The minimum Gasteiger partial charge on any atom is -0.389 e. The van der Waals surface area contributed by atoms with Gasteiger partial charge in [0.25, 0.3) is 0 Å². The van der Waals surface area contributed by atoms with Crippen LogP contribution in [0.5, 0.6) is 0 Å². The van der Waals surface area contributed by atoms with Crippen LogP contribution in [0.3, 0.4) is 0 Å². The molecule has 1 aromatic heterocycles. The lowest BCUT2D eigenvalue weighted by atomic mass is 9.91. The number of aliphatic hydroxyl groups excluding tert-OH is 1. The molecule has 0 radical (unpaired) electrons. The molecule has 1 aliphatic carbocycles. The number of hydrogen-bond acceptors (Lipinski definition) is 2. The lowest BCUT2D eigenvalue weighted by molar-refractivity contribution is 0.0554. The maximum atomic E-state index is 12.9. The molecule has 0 spiro atoms. The monoisotopic (exact) mass is 377 g/mol. The number of fused-ring (bicyclic) bond motifs is 3. The van der Waals surface area contributed by atoms with Crippen molar-refractivity contribution in [3.05, 3.63) is 48.5 Å². The minimum absolute atomic E-state index is 0.109. The molecule has 1 atom stereocenters. The Morgan fingerprint density at radius 1 is 0.893 bits per heavy atom. The van der Waals surface area contributed by atoms with Crippen LogP contribution in [0.15, 0.2) is 48.5 Å². The van der Waals surface area contributed by atoms with E-state index < -0.39 is 6.10 Å². The first-order valence-electron chi connectivity index (χ1n) is 10.4. The summed E-state index contributed by atoms with van der Waals surface area (Å²) in [5.41, 5.74) is 2.26. The van der Waals surface area contributed by atoms with Crippen LogP contribution in [-0.2, 0) is 6.54 Å². The van der Waals surface area contributed by atoms with E-state index >= 15 is 0 Å². The highest BCUT2D eigenvalue weighted by molar-refractivity contribution is 6.07. The van der Waals surface area contributed by atoms with E-state index in [9.17, 15) is 9.90 Å². The van der Waals surface area contributed by atoms with Crippen molar-refractivity contribution in [2.45, 2.75) is 44.4 Å². The molecule has 5 rings (SSSR count). The average molecular weight is 377 g/mol. The van der Waals surface area contributed by atoms with Gasteiger partial charge in [-0.15, -0.1) is 0 Å². The summed E-state index contributed by atoms with van der Waals surface area (Å²) in [6.45, 7) is 2.49. The van der Waals surface area contributed by atoms with Crippen molar-refractivity contribution < 1.29 is 9.90 Å². The Hall–Kier alpha value is -2.53. The van der Waals surface area contributed by atoms with E-state index in [2.05, 4.69) is 41.0 Å². The quantitative estimate of drug-likeness (QED) is 0.734. The van der Waals surface area contributed by atoms with Gasteiger partial charge in [0.15, 0.2) is 0 Å². The molecule has 5 nitrogen and oxygen atoms in total. The van der Waals surface area contributed by atoms with Crippen LogP contribution in [0.1, 0.15) is 25.7 Å². The maximum Gasteiger partial charge on any atom is 0.320 e. The first kappa shape index (κ1) is 17.6. The summed E-state index contributed by atoms with van der Waals surface area (Å²) in [6, 6.07) is 17.2. The second-order valence-electron chi connectivity index (χ2n) is 8.16. The van der Waals surface area contributed by atoms with Crippen LogP contribution in [0, 0.1) is 0 Å². The Bertz CT molecular complexity index is 954. The van der Waals surface area contributed by atoms with Crippen molar-refractivity contribution >= 4 is 27.8 Å². The van der Waals surface area contributed by atoms with Crippen molar-refractivity contribution in [3.63, 3.8) is 0 Å². The second kappa shape index (κ2) is 7.13. The van der Waals surface area contributed by atoms with E-state index in [4.69, 9.17) is 0 Å². The normalized spacial score (nSPS) is 19.4. The molecule has 2 amide bonds. The largest absolute Gasteiger partial charge is 0.389 e. The molecule has 28 heavy (non-hydrogen) atoms. The minimum atomic E-state index is -0.593. The van der Waals surface area contributed by atoms with Gasteiger partial charge in [-0.2, -0.15) is 0 Å². The van der Waals surface area contributed by atoms with Gasteiger partial charge in [0.2, 0.25) is 0 Å². The van der Waals surface area contributed by atoms with Crippen LogP contribution in [0.4, 0.5) is 4.79 Å². The number of benzene rings is 2. The van der Waals surface area contributed by atoms with E-state index in [1.54, 1.807) is 0 Å². The lowest BCUT2D eigenvalue weighted by Gasteiger charge is -2.44. The van der Waals surface area contributed by atoms with Crippen LogP contribution in [-0.4, -0.2) is 57.3 Å². The van der Waals surface area contributed by atoms with Gasteiger partial charge in [0.05, 0.1) is 19.2 Å². The standard InChI is InChI=1S/C23H27N3O2/c27-18(15-24-13-6-14-25(23(24)28)17-7-5-8-17)16-26-21-11-3-1-9-19(21)20-10-2-4-12-22(20)26/h1-4,9-12,17-18,27H,5-8,13-16H2. The zero-order chi connectivity index (χ0) is 19.1. The van der Waals surface area contributed by atoms with Crippen LogP contribution >= 0.6 is 0 Å².